The highest BCUT2D eigenvalue weighted by molar-refractivity contribution is 6.04. The van der Waals surface area contributed by atoms with Crippen LogP contribution in [0.2, 0.25) is 0 Å². The van der Waals surface area contributed by atoms with Gasteiger partial charge in [-0.3, -0.25) is 14.4 Å². The Bertz CT molecular complexity index is 1130. The summed E-state index contributed by atoms with van der Waals surface area (Å²) in [6, 6.07) is 10.9. The van der Waals surface area contributed by atoms with Crippen molar-refractivity contribution < 1.29 is 19.1 Å². The zero-order valence-corrected chi connectivity index (χ0v) is 14.7. The molecule has 27 heavy (non-hydrogen) atoms. The lowest BCUT2D eigenvalue weighted by atomic mass is 10.0. The highest BCUT2D eigenvalue weighted by atomic mass is 19.1. The Kier molecular flexibility index (Phi) is 4.77. The lowest BCUT2D eigenvalue weighted by molar-refractivity contribution is -0.116. The summed E-state index contributed by atoms with van der Waals surface area (Å²) in [6.07, 6.45) is 0. The van der Waals surface area contributed by atoms with Crippen LogP contribution in [0.4, 0.5) is 4.39 Å². The van der Waals surface area contributed by atoms with Crippen molar-refractivity contribution in [2.24, 2.45) is 7.05 Å². The molecule has 3 rings (SSSR count). The van der Waals surface area contributed by atoms with E-state index in [0.717, 1.165) is 0 Å². The first-order chi connectivity index (χ1) is 12.8. The van der Waals surface area contributed by atoms with Crippen LogP contribution < -0.4 is 10.9 Å². The van der Waals surface area contributed by atoms with Crippen LogP contribution in [0, 0.1) is 5.82 Å². The number of Topliss-reactive ketones (excluding diaryl/α,β-unsaturated/α-hetero) is 1. The number of fused-ring (bicyclic) bond motifs is 1. The fraction of sp³-hybridized carbons (Fsp3) is 0.150. The van der Waals surface area contributed by atoms with E-state index in [1.54, 1.807) is 30.3 Å². The Labute approximate surface area is 153 Å². The van der Waals surface area contributed by atoms with Crippen LogP contribution in [0.5, 0.6) is 5.75 Å². The Morgan fingerprint density at radius 3 is 2.56 bits per heavy atom. The van der Waals surface area contributed by atoms with Crippen LogP contribution in [0.25, 0.3) is 22.0 Å². The molecule has 0 fully saturated rings. The predicted octanol–water partition coefficient (Wildman–Crippen LogP) is 2.37. The van der Waals surface area contributed by atoms with Gasteiger partial charge in [0.25, 0.3) is 11.5 Å². The Morgan fingerprint density at radius 1 is 1.19 bits per heavy atom. The van der Waals surface area contributed by atoms with Gasteiger partial charge in [-0.05, 0) is 30.7 Å². The van der Waals surface area contributed by atoms with Crippen molar-refractivity contribution in [3.63, 3.8) is 0 Å². The first kappa shape index (κ1) is 18.3. The van der Waals surface area contributed by atoms with Gasteiger partial charge in [-0.2, -0.15) is 0 Å². The number of aromatic hydroxyl groups is 1. The Hall–Kier alpha value is -3.48. The molecule has 6 nitrogen and oxygen atoms in total. The van der Waals surface area contributed by atoms with Gasteiger partial charge in [0.15, 0.2) is 0 Å². The number of hydrogen-bond donors (Lipinski definition) is 2. The van der Waals surface area contributed by atoms with Gasteiger partial charge in [-0.15, -0.1) is 0 Å². The van der Waals surface area contributed by atoms with E-state index >= 15 is 0 Å². The SMILES string of the molecule is CC(=O)CNC(=O)c1c(O)c2cc(-c3ccccc3F)ccc2n(C)c1=O. The van der Waals surface area contributed by atoms with Crippen molar-refractivity contribution in [2.45, 2.75) is 6.92 Å². The summed E-state index contributed by atoms with van der Waals surface area (Å²) in [5.41, 5.74) is 0.0530. The summed E-state index contributed by atoms with van der Waals surface area (Å²) in [4.78, 5) is 35.9. The number of halogens is 1. The van der Waals surface area contributed by atoms with Crippen LogP contribution in [0.15, 0.2) is 47.3 Å². The first-order valence-electron chi connectivity index (χ1n) is 8.19. The third-order valence-corrected chi connectivity index (χ3v) is 4.28. The summed E-state index contributed by atoms with van der Waals surface area (Å²) in [7, 11) is 1.47. The van der Waals surface area contributed by atoms with E-state index in [1.165, 1.54) is 30.7 Å². The second-order valence-electron chi connectivity index (χ2n) is 6.18. The monoisotopic (exact) mass is 368 g/mol. The molecule has 0 saturated carbocycles. The topological polar surface area (TPSA) is 88.4 Å². The molecule has 0 aliphatic rings. The van der Waals surface area contributed by atoms with Gasteiger partial charge >= 0.3 is 0 Å². The predicted molar refractivity (Wildman–Crippen MR) is 99.3 cm³/mol. The number of pyridine rings is 1. The minimum absolute atomic E-state index is 0.228. The fourth-order valence-corrected chi connectivity index (χ4v) is 2.89. The zero-order chi connectivity index (χ0) is 19.7. The van der Waals surface area contributed by atoms with Gasteiger partial charge in [0.2, 0.25) is 0 Å². The lowest BCUT2D eigenvalue weighted by Gasteiger charge is -2.13. The molecule has 2 N–H and O–H groups in total. The molecule has 3 aromatic rings. The fourth-order valence-electron chi connectivity index (χ4n) is 2.89. The van der Waals surface area contributed by atoms with E-state index in [0.29, 0.717) is 16.6 Å². The van der Waals surface area contributed by atoms with Gasteiger partial charge in [0.05, 0.1) is 12.1 Å². The van der Waals surface area contributed by atoms with Crippen LogP contribution in [-0.4, -0.2) is 27.9 Å². The average Bonchev–Trinajstić information content (AvgIpc) is 2.64. The number of hydrogen-bond acceptors (Lipinski definition) is 4. The number of nitrogens with zero attached hydrogens (tertiary/aromatic N) is 1. The minimum atomic E-state index is -0.846. The van der Waals surface area contributed by atoms with E-state index in [1.807, 2.05) is 0 Å². The van der Waals surface area contributed by atoms with Crippen LogP contribution >= 0.6 is 0 Å². The molecule has 1 amide bonds. The summed E-state index contributed by atoms with van der Waals surface area (Å²) in [5.74, 6) is -2.07. The molecule has 2 aromatic carbocycles. The molecular formula is C20H17FN2O4. The normalized spacial score (nSPS) is 10.8. The van der Waals surface area contributed by atoms with Gasteiger partial charge in [0.1, 0.15) is 22.9 Å². The quantitative estimate of drug-likeness (QED) is 0.740. The van der Waals surface area contributed by atoms with Crippen LogP contribution in [-0.2, 0) is 11.8 Å². The summed E-state index contributed by atoms with van der Waals surface area (Å²) >= 11 is 0. The van der Waals surface area contributed by atoms with Crippen molar-refractivity contribution in [3.05, 3.63) is 64.2 Å². The van der Waals surface area contributed by atoms with E-state index < -0.39 is 28.6 Å². The molecular weight excluding hydrogens is 351 g/mol. The third-order valence-electron chi connectivity index (χ3n) is 4.28. The van der Waals surface area contributed by atoms with Crippen molar-refractivity contribution in [1.29, 1.82) is 0 Å². The lowest BCUT2D eigenvalue weighted by Crippen LogP contribution is -2.34. The molecule has 0 saturated heterocycles. The maximum Gasteiger partial charge on any atom is 0.267 e. The number of nitrogens with one attached hydrogen (secondary N) is 1. The molecule has 0 bridgehead atoms. The molecule has 0 atom stereocenters. The highest BCUT2D eigenvalue weighted by Gasteiger charge is 2.21. The molecule has 0 unspecified atom stereocenters. The number of carbonyl (C=O) groups is 2. The maximum absolute atomic E-state index is 14.1. The van der Waals surface area contributed by atoms with Crippen LogP contribution in [0.3, 0.4) is 0 Å². The molecule has 0 spiro atoms. The average molecular weight is 368 g/mol. The largest absolute Gasteiger partial charge is 0.506 e. The second-order valence-corrected chi connectivity index (χ2v) is 6.18. The van der Waals surface area contributed by atoms with Crippen LogP contribution in [0.1, 0.15) is 17.3 Å². The zero-order valence-electron chi connectivity index (χ0n) is 14.7. The van der Waals surface area contributed by atoms with Crippen molar-refractivity contribution in [1.82, 2.24) is 9.88 Å². The van der Waals surface area contributed by atoms with Gasteiger partial charge in [-0.25, -0.2) is 4.39 Å². The third kappa shape index (κ3) is 3.31. The number of aromatic nitrogens is 1. The minimum Gasteiger partial charge on any atom is -0.506 e. The summed E-state index contributed by atoms with van der Waals surface area (Å²) in [5, 5.41) is 13.1. The number of carbonyl (C=O) groups excluding carboxylic acids is 2. The number of aryl methyl sites for hydroxylation is 1. The maximum atomic E-state index is 14.1. The molecule has 0 aliphatic heterocycles. The van der Waals surface area contributed by atoms with Gasteiger partial charge in [0, 0.05) is 18.0 Å². The second kappa shape index (κ2) is 7.03. The number of amides is 1. The van der Waals surface area contributed by atoms with E-state index in [4.69, 9.17) is 0 Å². The molecule has 138 valence electrons. The molecule has 0 radical (unpaired) electrons. The van der Waals surface area contributed by atoms with Gasteiger partial charge in [-0.1, -0.05) is 24.3 Å². The highest BCUT2D eigenvalue weighted by Crippen LogP contribution is 2.31. The molecule has 7 heteroatoms. The molecule has 1 aromatic heterocycles. The molecule has 0 aliphatic carbocycles. The number of rotatable bonds is 4. The van der Waals surface area contributed by atoms with E-state index in [2.05, 4.69) is 5.32 Å². The van der Waals surface area contributed by atoms with E-state index in [9.17, 15) is 23.9 Å². The van der Waals surface area contributed by atoms with E-state index in [-0.39, 0.29) is 17.7 Å². The molecule has 1 heterocycles. The summed E-state index contributed by atoms with van der Waals surface area (Å²) in [6.45, 7) is 1.04. The van der Waals surface area contributed by atoms with Crippen molar-refractivity contribution in [3.8, 4) is 16.9 Å². The smallest absolute Gasteiger partial charge is 0.267 e. The first-order valence-corrected chi connectivity index (χ1v) is 8.19. The standard InChI is InChI=1S/C20H17FN2O4/c1-11(24)10-22-19(26)17-18(25)14-9-12(13-5-3-4-6-15(13)21)7-8-16(14)23(2)20(17)27/h3-9,25H,10H2,1-2H3,(H,22,26). The van der Waals surface area contributed by atoms with Crippen molar-refractivity contribution in [2.75, 3.05) is 6.54 Å². The number of ketones is 1. The summed E-state index contributed by atoms with van der Waals surface area (Å²) < 4.78 is 15.3. The Balaban J connectivity index is 2.22. The van der Waals surface area contributed by atoms with Crippen molar-refractivity contribution >= 4 is 22.6 Å². The Morgan fingerprint density at radius 2 is 1.89 bits per heavy atom. The number of benzene rings is 2. The van der Waals surface area contributed by atoms with Gasteiger partial charge < -0.3 is 15.0 Å².